The number of rotatable bonds is 6. The first-order valence-corrected chi connectivity index (χ1v) is 7.72. The number of hydrogen-bond acceptors (Lipinski definition) is 3. The monoisotopic (exact) mass is 311 g/mol. The van der Waals surface area contributed by atoms with Crippen LogP contribution >= 0.6 is 15.9 Å². The van der Waals surface area contributed by atoms with Crippen LogP contribution in [-0.4, -0.2) is 23.1 Å². The molecule has 2 rings (SSSR count). The molecular weight excluding hydrogens is 290 g/mol. The average Bonchev–Trinajstić information content (AvgIpc) is 3.18. The van der Waals surface area contributed by atoms with Gasteiger partial charge in [0.05, 0.1) is 0 Å². The van der Waals surface area contributed by atoms with Crippen LogP contribution in [0.15, 0.2) is 10.7 Å². The summed E-state index contributed by atoms with van der Waals surface area (Å²) in [5, 5.41) is 0. The molecule has 1 unspecified atom stereocenters. The van der Waals surface area contributed by atoms with Crippen LogP contribution in [0.25, 0.3) is 0 Å². The fourth-order valence-corrected chi connectivity index (χ4v) is 2.39. The molecule has 0 amide bonds. The van der Waals surface area contributed by atoms with Crippen LogP contribution in [0, 0.1) is 5.92 Å². The fourth-order valence-electron chi connectivity index (χ4n) is 2.00. The molecule has 0 aliphatic heterocycles. The molecule has 0 radical (unpaired) electrons. The summed E-state index contributed by atoms with van der Waals surface area (Å²) in [7, 11) is 0. The van der Waals surface area contributed by atoms with Gasteiger partial charge >= 0.3 is 0 Å². The second-order valence-corrected chi connectivity index (χ2v) is 6.05. The van der Waals surface area contributed by atoms with Crippen molar-refractivity contribution in [3.05, 3.63) is 16.5 Å². The van der Waals surface area contributed by atoms with Gasteiger partial charge in [0.1, 0.15) is 16.2 Å². The molecule has 0 spiro atoms. The third-order valence-electron chi connectivity index (χ3n) is 3.58. The second-order valence-electron chi connectivity index (χ2n) is 5.23. The molecule has 3 nitrogen and oxygen atoms in total. The summed E-state index contributed by atoms with van der Waals surface area (Å²) in [6.45, 7) is 8.79. The normalized spacial score (nSPS) is 16.7. The van der Waals surface area contributed by atoms with Crippen LogP contribution in [0.5, 0.6) is 0 Å². The molecule has 0 saturated heterocycles. The lowest BCUT2D eigenvalue weighted by Crippen LogP contribution is -2.29. The molecular formula is C14H22BrN3. The van der Waals surface area contributed by atoms with E-state index in [4.69, 9.17) is 4.98 Å². The third-order valence-corrected chi connectivity index (χ3v) is 3.98. The van der Waals surface area contributed by atoms with E-state index >= 15 is 0 Å². The highest BCUT2D eigenvalue weighted by atomic mass is 79.9. The summed E-state index contributed by atoms with van der Waals surface area (Å²) in [6.07, 6.45) is 3.69. The second kappa shape index (κ2) is 6.00. The van der Waals surface area contributed by atoms with Gasteiger partial charge in [-0.15, -0.1) is 0 Å². The largest absolute Gasteiger partial charge is 0.356 e. The summed E-state index contributed by atoms with van der Waals surface area (Å²) in [6, 6.07) is 2.04. The number of aromatic nitrogens is 2. The molecule has 4 heteroatoms. The van der Waals surface area contributed by atoms with Crippen LogP contribution in [0.4, 0.5) is 5.82 Å². The molecule has 0 aromatic carbocycles. The van der Waals surface area contributed by atoms with Gasteiger partial charge in [-0.25, -0.2) is 9.97 Å². The Hall–Kier alpha value is -0.640. The molecule has 100 valence electrons. The van der Waals surface area contributed by atoms with E-state index in [0.29, 0.717) is 11.8 Å². The van der Waals surface area contributed by atoms with Gasteiger partial charge in [-0.2, -0.15) is 0 Å². The molecule has 1 fully saturated rings. The summed E-state index contributed by atoms with van der Waals surface area (Å²) < 4.78 is 0.914. The van der Waals surface area contributed by atoms with Crippen LogP contribution in [0.2, 0.25) is 0 Å². The van der Waals surface area contributed by atoms with E-state index in [0.717, 1.165) is 29.3 Å². The van der Waals surface area contributed by atoms with Crippen LogP contribution in [0.1, 0.15) is 51.8 Å². The lowest BCUT2D eigenvalue weighted by atomic mass is 10.1. The van der Waals surface area contributed by atoms with E-state index in [1.54, 1.807) is 0 Å². The zero-order valence-corrected chi connectivity index (χ0v) is 13.1. The van der Waals surface area contributed by atoms with Crippen LogP contribution in [0.3, 0.4) is 0 Å². The standard InChI is InChI=1S/C14H22BrN3/c1-4-10(3)9-18(5-2)13-8-12(15)16-14(17-13)11-6-7-11/h8,10-11H,4-7,9H2,1-3H3. The molecule has 1 aliphatic rings. The zero-order valence-electron chi connectivity index (χ0n) is 11.5. The number of nitrogens with zero attached hydrogens (tertiary/aromatic N) is 3. The molecule has 18 heavy (non-hydrogen) atoms. The molecule has 0 bridgehead atoms. The summed E-state index contributed by atoms with van der Waals surface area (Å²) >= 11 is 3.51. The van der Waals surface area contributed by atoms with Crippen molar-refractivity contribution in [2.24, 2.45) is 5.92 Å². The fraction of sp³-hybridized carbons (Fsp3) is 0.714. The van der Waals surface area contributed by atoms with Crippen molar-refractivity contribution in [3.63, 3.8) is 0 Å². The van der Waals surface area contributed by atoms with Crippen molar-refractivity contribution < 1.29 is 0 Å². The number of halogens is 1. The molecule has 1 saturated carbocycles. The van der Waals surface area contributed by atoms with E-state index in [-0.39, 0.29) is 0 Å². The van der Waals surface area contributed by atoms with E-state index in [1.165, 1.54) is 19.3 Å². The molecule has 1 heterocycles. The van der Waals surface area contributed by atoms with Crippen LogP contribution in [-0.2, 0) is 0 Å². The van der Waals surface area contributed by atoms with Crippen LogP contribution < -0.4 is 4.90 Å². The topological polar surface area (TPSA) is 29.0 Å². The lowest BCUT2D eigenvalue weighted by Gasteiger charge is -2.25. The molecule has 1 aromatic rings. The first kappa shape index (κ1) is 13.8. The molecule has 1 aromatic heterocycles. The highest BCUT2D eigenvalue weighted by Crippen LogP contribution is 2.39. The van der Waals surface area contributed by atoms with E-state index < -0.39 is 0 Å². The number of anilines is 1. The van der Waals surface area contributed by atoms with E-state index in [2.05, 4.69) is 46.6 Å². The number of hydrogen-bond donors (Lipinski definition) is 0. The minimum Gasteiger partial charge on any atom is -0.356 e. The highest BCUT2D eigenvalue weighted by Gasteiger charge is 2.27. The van der Waals surface area contributed by atoms with Gasteiger partial charge in [-0.1, -0.05) is 20.3 Å². The quantitative estimate of drug-likeness (QED) is 0.744. The van der Waals surface area contributed by atoms with Crippen molar-refractivity contribution in [1.29, 1.82) is 0 Å². The van der Waals surface area contributed by atoms with Crippen molar-refractivity contribution in [1.82, 2.24) is 9.97 Å². The minimum atomic E-state index is 0.601. The summed E-state index contributed by atoms with van der Waals surface area (Å²) in [5.41, 5.74) is 0. The van der Waals surface area contributed by atoms with E-state index in [9.17, 15) is 0 Å². The van der Waals surface area contributed by atoms with Gasteiger partial charge in [0.15, 0.2) is 0 Å². The predicted octanol–water partition coefficient (Wildman–Crippen LogP) is 3.99. The Balaban J connectivity index is 2.18. The van der Waals surface area contributed by atoms with Crippen molar-refractivity contribution in [2.75, 3.05) is 18.0 Å². The van der Waals surface area contributed by atoms with Gasteiger partial charge in [-0.05, 0) is 41.6 Å². The Bertz CT molecular complexity index is 404. The van der Waals surface area contributed by atoms with Crippen molar-refractivity contribution in [2.45, 2.75) is 46.0 Å². The van der Waals surface area contributed by atoms with Gasteiger partial charge in [0.25, 0.3) is 0 Å². The Labute approximate surface area is 118 Å². The molecule has 0 N–H and O–H groups in total. The van der Waals surface area contributed by atoms with Gasteiger partial charge in [0, 0.05) is 25.1 Å². The Morgan fingerprint density at radius 3 is 2.67 bits per heavy atom. The predicted molar refractivity (Wildman–Crippen MR) is 79.0 cm³/mol. The van der Waals surface area contributed by atoms with E-state index in [1.807, 2.05) is 6.07 Å². The summed E-state index contributed by atoms with van der Waals surface area (Å²) in [4.78, 5) is 11.6. The Morgan fingerprint density at radius 1 is 1.39 bits per heavy atom. The third kappa shape index (κ3) is 3.44. The molecule has 1 aliphatic carbocycles. The average molecular weight is 312 g/mol. The maximum absolute atomic E-state index is 4.74. The van der Waals surface area contributed by atoms with Crippen molar-refractivity contribution in [3.8, 4) is 0 Å². The highest BCUT2D eigenvalue weighted by molar-refractivity contribution is 9.10. The minimum absolute atomic E-state index is 0.601. The zero-order chi connectivity index (χ0) is 13.1. The van der Waals surface area contributed by atoms with Crippen molar-refractivity contribution >= 4 is 21.7 Å². The Morgan fingerprint density at radius 2 is 2.11 bits per heavy atom. The smallest absolute Gasteiger partial charge is 0.135 e. The first-order chi connectivity index (χ1) is 8.63. The lowest BCUT2D eigenvalue weighted by molar-refractivity contribution is 0.544. The maximum Gasteiger partial charge on any atom is 0.135 e. The summed E-state index contributed by atoms with van der Waals surface area (Å²) in [5.74, 6) is 3.38. The SMILES string of the molecule is CCC(C)CN(CC)c1cc(Br)nc(C2CC2)n1. The van der Waals surface area contributed by atoms with Gasteiger partial charge in [-0.3, -0.25) is 0 Å². The van der Waals surface area contributed by atoms with Gasteiger partial charge in [0.2, 0.25) is 0 Å². The van der Waals surface area contributed by atoms with Gasteiger partial charge < -0.3 is 4.90 Å². The molecule has 1 atom stereocenters. The Kier molecular flexibility index (Phi) is 4.60. The maximum atomic E-state index is 4.74. The first-order valence-electron chi connectivity index (χ1n) is 6.93.